The van der Waals surface area contributed by atoms with Crippen molar-refractivity contribution in [3.05, 3.63) is 22.6 Å². The van der Waals surface area contributed by atoms with Crippen LogP contribution in [0.3, 0.4) is 0 Å². The third kappa shape index (κ3) is 1.66. The average Bonchev–Trinajstić information content (AvgIpc) is 2.32. The van der Waals surface area contributed by atoms with Crippen LogP contribution in [-0.2, 0) is 0 Å². The van der Waals surface area contributed by atoms with Crippen LogP contribution in [0.15, 0.2) is 12.1 Å². The molecule has 1 heterocycles. The van der Waals surface area contributed by atoms with E-state index in [9.17, 15) is 5.21 Å². The van der Waals surface area contributed by atoms with Crippen LogP contribution in [0.2, 0.25) is 0 Å². The van der Waals surface area contributed by atoms with Gasteiger partial charge >= 0.3 is 0 Å². The molecule has 0 bridgehead atoms. The molecule has 0 aliphatic carbocycles. The largest absolute Gasteiger partial charge is 0.493 e. The summed E-state index contributed by atoms with van der Waals surface area (Å²) in [5.74, 6) is 1.40. The first-order chi connectivity index (χ1) is 7.67. The van der Waals surface area contributed by atoms with Crippen molar-refractivity contribution in [1.82, 2.24) is 0 Å². The van der Waals surface area contributed by atoms with Gasteiger partial charge in [0.2, 0.25) is 0 Å². The maximum absolute atomic E-state index is 9.69. The molecule has 0 saturated heterocycles. The van der Waals surface area contributed by atoms with Gasteiger partial charge in [-0.3, -0.25) is 0 Å². The van der Waals surface area contributed by atoms with Gasteiger partial charge in [-0.15, -0.1) is 0 Å². The summed E-state index contributed by atoms with van der Waals surface area (Å²) in [5, 5.41) is 12.2. The summed E-state index contributed by atoms with van der Waals surface area (Å²) in [7, 11) is 3.23. The fraction of sp³-hybridized carbons (Fsp3) is 0.333. The highest BCUT2D eigenvalue weighted by Crippen LogP contribution is 2.21. The van der Waals surface area contributed by atoms with E-state index in [-0.39, 0.29) is 0 Å². The topological polar surface area (TPSA) is 43.1 Å². The predicted molar refractivity (Wildman–Crippen MR) is 60.0 cm³/mol. The van der Waals surface area contributed by atoms with E-state index in [0.29, 0.717) is 23.1 Å². The Morgan fingerprint density at radius 3 is 2.44 bits per heavy atom. The maximum Gasteiger partial charge on any atom is 0.161 e. The molecule has 2 rings (SSSR count). The van der Waals surface area contributed by atoms with Crippen LogP contribution in [0.4, 0.5) is 0 Å². The number of nitrogens with one attached hydrogen (secondary N) is 1. The van der Waals surface area contributed by atoms with Gasteiger partial charge in [0, 0.05) is 12.1 Å². The summed E-state index contributed by atoms with van der Waals surface area (Å²) >= 11 is 0. The quantitative estimate of drug-likeness (QED) is 0.667. The van der Waals surface area contributed by atoms with Gasteiger partial charge in [-0.2, -0.15) is 5.06 Å². The number of ether oxygens (including phenoxy) is 2. The molecule has 0 fully saturated rings. The number of methoxy groups -OCH3 is 2. The molecule has 0 aromatic heterocycles. The number of hydroxylamine groups is 2. The van der Waals surface area contributed by atoms with Crippen LogP contribution in [0.5, 0.6) is 11.5 Å². The molecular weight excluding hydrogens is 206 g/mol. The second kappa shape index (κ2) is 4.15. The lowest BCUT2D eigenvalue weighted by atomic mass is 10.1. The molecule has 1 aromatic carbocycles. The Kier molecular flexibility index (Phi) is 2.85. The molecule has 16 heavy (non-hydrogen) atoms. The molecule has 1 atom stereocenters. The summed E-state index contributed by atoms with van der Waals surface area (Å²) in [4.78, 5) is 0. The minimum atomic E-state index is 0.416. The first kappa shape index (κ1) is 11.0. The van der Waals surface area contributed by atoms with Crippen molar-refractivity contribution in [2.45, 2.75) is 6.92 Å². The highest BCUT2D eigenvalue weighted by molar-refractivity contribution is 5.49. The molecule has 0 radical (unpaired) electrons. The van der Waals surface area contributed by atoms with E-state index in [1.54, 1.807) is 14.2 Å². The third-order valence-electron chi connectivity index (χ3n) is 2.91. The van der Waals surface area contributed by atoms with Gasteiger partial charge in [0.05, 0.1) is 14.2 Å². The van der Waals surface area contributed by atoms with Gasteiger partial charge in [0.15, 0.2) is 11.5 Å². The van der Waals surface area contributed by atoms with Crippen molar-refractivity contribution >= 4 is 11.8 Å². The predicted octanol–water partition coefficient (Wildman–Crippen LogP) is -1.10. The normalized spacial score (nSPS) is 18.8. The van der Waals surface area contributed by atoms with E-state index < -0.39 is 0 Å². The smallest absolute Gasteiger partial charge is 0.161 e. The lowest BCUT2D eigenvalue weighted by Gasteiger charge is -2.14. The lowest BCUT2D eigenvalue weighted by molar-refractivity contribution is -1.02. The zero-order chi connectivity index (χ0) is 11.7. The molecule has 2 N–H and O–H groups in total. The number of rotatable bonds is 2. The zero-order valence-electron chi connectivity index (χ0n) is 9.70. The Morgan fingerprint density at radius 2 is 1.81 bits per heavy atom. The summed E-state index contributed by atoms with van der Waals surface area (Å²) in [5.41, 5.74) is 0.901. The van der Waals surface area contributed by atoms with Crippen LogP contribution in [-0.4, -0.2) is 26.0 Å². The van der Waals surface area contributed by atoms with Crippen molar-refractivity contribution in [2.75, 3.05) is 20.8 Å². The fourth-order valence-electron chi connectivity index (χ4n) is 1.90. The SMILES string of the molecule is COc1cc2c(cc1OC)=C(C)[NH+](O)CC=2. The van der Waals surface area contributed by atoms with Crippen molar-refractivity contribution in [3.8, 4) is 11.5 Å². The van der Waals surface area contributed by atoms with E-state index in [4.69, 9.17) is 9.47 Å². The number of hydrogen-bond donors (Lipinski definition) is 2. The standard InChI is InChI=1S/C12H15NO3/c1-8-10-7-12(16-3)11(15-2)6-9(10)4-5-13(8)14/h4,6-7,14H,5H2,1-3H3/p+1. The Hall–Kier alpha value is -1.52. The van der Waals surface area contributed by atoms with Crippen LogP contribution in [0.25, 0.3) is 11.8 Å². The first-order valence-electron chi connectivity index (χ1n) is 5.15. The van der Waals surface area contributed by atoms with E-state index in [2.05, 4.69) is 0 Å². The monoisotopic (exact) mass is 222 g/mol. The van der Waals surface area contributed by atoms with Gasteiger partial charge in [0.25, 0.3) is 0 Å². The minimum Gasteiger partial charge on any atom is -0.493 e. The number of benzene rings is 1. The number of hydrogen-bond acceptors (Lipinski definition) is 3. The first-order valence-corrected chi connectivity index (χ1v) is 5.15. The van der Waals surface area contributed by atoms with E-state index >= 15 is 0 Å². The molecule has 4 heteroatoms. The van der Waals surface area contributed by atoms with Crippen molar-refractivity contribution < 1.29 is 19.7 Å². The molecule has 4 nitrogen and oxygen atoms in total. The highest BCUT2D eigenvalue weighted by Gasteiger charge is 2.15. The van der Waals surface area contributed by atoms with Crippen molar-refractivity contribution in [3.63, 3.8) is 0 Å². The summed E-state index contributed by atoms with van der Waals surface area (Å²) in [6, 6.07) is 3.83. The van der Waals surface area contributed by atoms with Gasteiger partial charge in [-0.05, 0) is 23.4 Å². The van der Waals surface area contributed by atoms with Crippen LogP contribution < -0.4 is 25.0 Å². The summed E-state index contributed by atoms with van der Waals surface area (Å²) < 4.78 is 10.5. The Morgan fingerprint density at radius 1 is 1.19 bits per heavy atom. The maximum atomic E-state index is 9.69. The molecule has 1 unspecified atom stereocenters. The van der Waals surface area contributed by atoms with Crippen LogP contribution >= 0.6 is 0 Å². The van der Waals surface area contributed by atoms with Gasteiger partial charge in [-0.1, -0.05) is 0 Å². The average molecular weight is 222 g/mol. The van der Waals surface area contributed by atoms with E-state index in [1.807, 2.05) is 25.1 Å². The number of fused-ring (bicyclic) bond motifs is 1. The number of quaternary nitrogens is 1. The fourth-order valence-corrected chi connectivity index (χ4v) is 1.90. The van der Waals surface area contributed by atoms with Crippen LogP contribution in [0, 0.1) is 0 Å². The molecule has 86 valence electrons. The second-order valence-corrected chi connectivity index (χ2v) is 3.77. The minimum absolute atomic E-state index is 0.416. The van der Waals surface area contributed by atoms with Gasteiger partial charge in [-0.25, -0.2) is 5.21 Å². The van der Waals surface area contributed by atoms with Crippen molar-refractivity contribution in [1.29, 1.82) is 0 Å². The molecule has 0 spiro atoms. The molecule has 1 aromatic rings. The molecular formula is C12H16NO3+. The summed E-state index contributed by atoms with van der Waals surface area (Å²) in [6.45, 7) is 2.49. The summed E-state index contributed by atoms with van der Waals surface area (Å²) in [6.07, 6.45) is 1.99. The second-order valence-electron chi connectivity index (χ2n) is 3.77. The third-order valence-corrected chi connectivity index (χ3v) is 2.91. The van der Waals surface area contributed by atoms with Crippen LogP contribution in [0.1, 0.15) is 6.92 Å². The van der Waals surface area contributed by atoms with Crippen molar-refractivity contribution in [2.24, 2.45) is 0 Å². The molecule has 1 aliphatic rings. The van der Waals surface area contributed by atoms with Gasteiger partial charge < -0.3 is 9.47 Å². The molecule has 0 saturated carbocycles. The lowest BCUT2D eigenvalue weighted by Crippen LogP contribution is -3.08. The molecule has 0 amide bonds. The van der Waals surface area contributed by atoms with E-state index in [0.717, 1.165) is 16.1 Å². The Bertz CT molecular complexity index is 522. The Labute approximate surface area is 94.0 Å². The van der Waals surface area contributed by atoms with Gasteiger partial charge in [0.1, 0.15) is 12.2 Å². The highest BCUT2D eigenvalue weighted by atomic mass is 16.5. The molecule has 1 aliphatic heterocycles. The van der Waals surface area contributed by atoms with E-state index in [1.165, 1.54) is 0 Å². The zero-order valence-corrected chi connectivity index (χ0v) is 9.70. The Balaban J connectivity index is 2.76.